The number of amides is 3. The number of furan rings is 1. The molecule has 0 saturated carbocycles. The van der Waals surface area contributed by atoms with Crippen LogP contribution in [0.1, 0.15) is 30.3 Å². The van der Waals surface area contributed by atoms with Gasteiger partial charge in [0.1, 0.15) is 6.04 Å². The van der Waals surface area contributed by atoms with E-state index in [1.165, 1.54) is 6.26 Å². The molecule has 0 radical (unpaired) electrons. The number of nitrogens with one attached hydrogen (secondary N) is 2. The molecule has 27 heavy (non-hydrogen) atoms. The Morgan fingerprint density at radius 2 is 2.00 bits per heavy atom. The fourth-order valence-electron chi connectivity index (χ4n) is 3.52. The van der Waals surface area contributed by atoms with Gasteiger partial charge in [0.15, 0.2) is 5.76 Å². The zero-order chi connectivity index (χ0) is 19.0. The quantitative estimate of drug-likeness (QED) is 0.844. The minimum Gasteiger partial charge on any atom is -0.459 e. The highest BCUT2D eigenvalue weighted by Gasteiger charge is 2.52. The molecule has 2 fully saturated rings. The maximum Gasteiger partial charge on any atom is 0.291 e. The van der Waals surface area contributed by atoms with Gasteiger partial charge in [-0.3, -0.25) is 14.4 Å². The van der Waals surface area contributed by atoms with E-state index in [4.69, 9.17) is 4.42 Å². The molecule has 2 unspecified atom stereocenters. The first-order valence-electron chi connectivity index (χ1n) is 8.68. The summed E-state index contributed by atoms with van der Waals surface area (Å²) in [5.74, 6) is 0.245. The number of nitrogens with zero attached hydrogens (tertiary/aromatic N) is 1. The van der Waals surface area contributed by atoms with Crippen LogP contribution in [0.25, 0.3) is 0 Å². The first-order chi connectivity index (χ1) is 13.0. The summed E-state index contributed by atoms with van der Waals surface area (Å²) in [6, 6.07) is 9.61. The van der Waals surface area contributed by atoms with Crippen molar-refractivity contribution >= 4 is 40.9 Å². The van der Waals surface area contributed by atoms with Gasteiger partial charge in [0.25, 0.3) is 5.91 Å². The Balaban J connectivity index is 1.45. The summed E-state index contributed by atoms with van der Waals surface area (Å²) in [7, 11) is 0. The molecule has 7 nitrogen and oxygen atoms in total. The van der Waals surface area contributed by atoms with E-state index in [2.05, 4.69) is 10.6 Å². The fourth-order valence-corrected chi connectivity index (χ4v) is 4.95. The van der Waals surface area contributed by atoms with Crippen molar-refractivity contribution in [2.75, 3.05) is 16.4 Å². The molecule has 1 aromatic carbocycles. The minimum absolute atomic E-state index is 0.0297. The molecule has 0 spiro atoms. The van der Waals surface area contributed by atoms with Crippen molar-refractivity contribution in [3.8, 4) is 0 Å². The number of benzene rings is 1. The van der Waals surface area contributed by atoms with E-state index in [1.54, 1.807) is 53.1 Å². The van der Waals surface area contributed by atoms with Crippen LogP contribution in [0, 0.1) is 0 Å². The number of carbonyl (C=O) groups excluding carboxylic acids is 3. The maximum atomic E-state index is 12.7. The maximum absolute atomic E-state index is 12.7. The van der Waals surface area contributed by atoms with Crippen molar-refractivity contribution in [3.63, 3.8) is 0 Å². The zero-order valence-corrected chi connectivity index (χ0v) is 15.5. The van der Waals surface area contributed by atoms with Crippen LogP contribution >= 0.6 is 11.8 Å². The lowest BCUT2D eigenvalue weighted by Gasteiger charge is -2.29. The van der Waals surface area contributed by atoms with Crippen LogP contribution < -0.4 is 10.6 Å². The van der Waals surface area contributed by atoms with E-state index in [1.807, 2.05) is 6.92 Å². The molecular weight excluding hydrogens is 366 g/mol. The lowest BCUT2D eigenvalue weighted by atomic mass is 10.2. The molecule has 0 aliphatic carbocycles. The molecule has 2 N–H and O–H groups in total. The van der Waals surface area contributed by atoms with Crippen LogP contribution in [-0.4, -0.2) is 39.3 Å². The second-order valence-corrected chi connectivity index (χ2v) is 8.27. The predicted molar refractivity (Wildman–Crippen MR) is 102 cm³/mol. The molecule has 8 heteroatoms. The Hall–Kier alpha value is -2.74. The Kier molecular flexibility index (Phi) is 4.43. The summed E-state index contributed by atoms with van der Waals surface area (Å²) in [5, 5.41) is 5.59. The highest BCUT2D eigenvalue weighted by molar-refractivity contribution is 8.01. The average molecular weight is 385 g/mol. The summed E-state index contributed by atoms with van der Waals surface area (Å²) in [6.45, 7) is 2.01. The molecule has 2 atom stereocenters. The van der Waals surface area contributed by atoms with E-state index in [0.29, 0.717) is 23.5 Å². The first kappa shape index (κ1) is 17.7. The van der Waals surface area contributed by atoms with Gasteiger partial charge in [-0.25, -0.2) is 0 Å². The smallest absolute Gasteiger partial charge is 0.291 e. The Morgan fingerprint density at radius 3 is 2.74 bits per heavy atom. The van der Waals surface area contributed by atoms with Gasteiger partial charge in [0.2, 0.25) is 11.8 Å². The average Bonchev–Trinajstić information content (AvgIpc) is 3.33. The van der Waals surface area contributed by atoms with Gasteiger partial charge < -0.3 is 20.0 Å². The topological polar surface area (TPSA) is 91.7 Å². The van der Waals surface area contributed by atoms with Crippen molar-refractivity contribution in [3.05, 3.63) is 48.4 Å². The van der Waals surface area contributed by atoms with Gasteiger partial charge in [0, 0.05) is 23.5 Å². The van der Waals surface area contributed by atoms with E-state index >= 15 is 0 Å². The SMILES string of the molecule is CC12CCC(=O)N1C(C(=O)Nc1cccc(NC(=O)c3ccco3)c1)CS2. The molecule has 2 aromatic rings. The van der Waals surface area contributed by atoms with Gasteiger partial charge in [-0.05, 0) is 43.7 Å². The molecule has 1 aromatic heterocycles. The van der Waals surface area contributed by atoms with Crippen molar-refractivity contribution in [1.29, 1.82) is 0 Å². The second kappa shape index (κ2) is 6.77. The standard InChI is InChI=1S/C19H19N3O4S/c1-19-8-7-16(23)22(19)14(11-27-19)17(24)20-12-4-2-5-13(10-12)21-18(25)15-6-3-9-26-15/h2-6,9-10,14H,7-8,11H2,1H3,(H,20,24)(H,21,25). The van der Waals surface area contributed by atoms with E-state index < -0.39 is 6.04 Å². The number of rotatable bonds is 4. The summed E-state index contributed by atoms with van der Waals surface area (Å²) < 4.78 is 5.07. The lowest BCUT2D eigenvalue weighted by Crippen LogP contribution is -2.48. The molecule has 4 rings (SSSR count). The van der Waals surface area contributed by atoms with Crippen LogP contribution in [-0.2, 0) is 9.59 Å². The van der Waals surface area contributed by atoms with Crippen molar-refractivity contribution < 1.29 is 18.8 Å². The molecule has 2 aliphatic rings. The number of carbonyl (C=O) groups is 3. The molecule has 3 heterocycles. The van der Waals surface area contributed by atoms with Crippen molar-refractivity contribution in [2.24, 2.45) is 0 Å². The van der Waals surface area contributed by atoms with Crippen LogP contribution in [0.5, 0.6) is 0 Å². The highest BCUT2D eigenvalue weighted by atomic mass is 32.2. The minimum atomic E-state index is -0.476. The fraction of sp³-hybridized carbons (Fsp3) is 0.316. The summed E-state index contributed by atoms with van der Waals surface area (Å²) in [6.07, 6.45) is 2.69. The Morgan fingerprint density at radius 1 is 1.22 bits per heavy atom. The van der Waals surface area contributed by atoms with Gasteiger partial charge in [0.05, 0.1) is 11.1 Å². The van der Waals surface area contributed by atoms with Crippen molar-refractivity contribution in [2.45, 2.75) is 30.7 Å². The van der Waals surface area contributed by atoms with Gasteiger partial charge in [-0.1, -0.05) is 6.07 Å². The van der Waals surface area contributed by atoms with E-state index in [-0.39, 0.29) is 28.4 Å². The van der Waals surface area contributed by atoms with Gasteiger partial charge in [-0.15, -0.1) is 11.8 Å². The molecule has 0 bridgehead atoms. The Labute approximate surface area is 160 Å². The normalized spacial score (nSPS) is 24.0. The molecule has 140 valence electrons. The predicted octanol–water partition coefficient (Wildman–Crippen LogP) is 2.92. The lowest BCUT2D eigenvalue weighted by molar-refractivity contribution is -0.135. The first-order valence-corrected chi connectivity index (χ1v) is 9.67. The zero-order valence-electron chi connectivity index (χ0n) is 14.7. The summed E-state index contributed by atoms with van der Waals surface area (Å²) in [5.41, 5.74) is 1.10. The molecular formula is C19H19N3O4S. The number of thioether (sulfide) groups is 1. The van der Waals surface area contributed by atoms with Crippen molar-refractivity contribution in [1.82, 2.24) is 4.90 Å². The molecule has 2 saturated heterocycles. The number of hydrogen-bond donors (Lipinski definition) is 2. The third-order valence-corrected chi connectivity index (χ3v) is 6.39. The number of anilines is 2. The third-order valence-electron chi connectivity index (χ3n) is 4.88. The van der Waals surface area contributed by atoms with Crippen LogP contribution in [0.4, 0.5) is 11.4 Å². The van der Waals surface area contributed by atoms with Crippen LogP contribution in [0.15, 0.2) is 47.1 Å². The third kappa shape index (κ3) is 3.32. The van der Waals surface area contributed by atoms with Gasteiger partial charge in [-0.2, -0.15) is 0 Å². The van der Waals surface area contributed by atoms with E-state index in [0.717, 1.165) is 6.42 Å². The molecule has 2 aliphatic heterocycles. The summed E-state index contributed by atoms with van der Waals surface area (Å²) in [4.78, 5) is 38.5. The number of fused-ring (bicyclic) bond motifs is 1. The van der Waals surface area contributed by atoms with Crippen LogP contribution in [0.3, 0.4) is 0 Å². The Bertz CT molecular complexity index is 898. The monoisotopic (exact) mass is 385 g/mol. The molecule has 3 amide bonds. The van der Waals surface area contributed by atoms with Crippen LogP contribution in [0.2, 0.25) is 0 Å². The number of hydrogen-bond acceptors (Lipinski definition) is 5. The highest BCUT2D eigenvalue weighted by Crippen LogP contribution is 2.47. The van der Waals surface area contributed by atoms with Gasteiger partial charge >= 0.3 is 0 Å². The van der Waals surface area contributed by atoms with E-state index in [9.17, 15) is 14.4 Å². The second-order valence-electron chi connectivity index (χ2n) is 6.77. The summed E-state index contributed by atoms with van der Waals surface area (Å²) >= 11 is 1.65. The largest absolute Gasteiger partial charge is 0.459 e.